The molecule has 2 aromatic carbocycles. The molecule has 0 saturated carbocycles. The zero-order valence-corrected chi connectivity index (χ0v) is 16.2. The van der Waals surface area contributed by atoms with Crippen molar-refractivity contribution in [1.82, 2.24) is 4.98 Å². The van der Waals surface area contributed by atoms with Crippen LogP contribution in [0.3, 0.4) is 0 Å². The molecule has 148 valence electrons. The lowest BCUT2D eigenvalue weighted by Gasteiger charge is -2.25. The highest BCUT2D eigenvalue weighted by atomic mass is 32.1. The third-order valence-corrected chi connectivity index (χ3v) is 5.51. The quantitative estimate of drug-likeness (QED) is 0.391. The van der Waals surface area contributed by atoms with Crippen molar-refractivity contribution in [3.05, 3.63) is 64.2 Å². The predicted octanol–water partition coefficient (Wildman–Crippen LogP) is 3.69. The number of carbonyl (C=O) groups is 1. The van der Waals surface area contributed by atoms with Crippen LogP contribution in [-0.4, -0.2) is 42.1 Å². The number of nitrogens with zero attached hydrogens (tertiary/aromatic N) is 3. The molecule has 1 fully saturated rings. The number of rotatable bonds is 5. The lowest BCUT2D eigenvalue weighted by Crippen LogP contribution is -2.36. The molecule has 0 spiro atoms. The second-order valence-electron chi connectivity index (χ2n) is 6.45. The van der Waals surface area contributed by atoms with Crippen molar-refractivity contribution < 1.29 is 14.5 Å². The normalized spacial score (nSPS) is 14.4. The summed E-state index contributed by atoms with van der Waals surface area (Å²) in [4.78, 5) is 29.5. The Balaban J connectivity index is 1.45. The molecule has 9 heteroatoms. The Kier molecular flexibility index (Phi) is 5.50. The number of anilines is 2. The molecule has 0 radical (unpaired) electrons. The monoisotopic (exact) mass is 410 g/mol. The van der Waals surface area contributed by atoms with Gasteiger partial charge in [0.25, 0.3) is 5.69 Å². The van der Waals surface area contributed by atoms with E-state index >= 15 is 0 Å². The fourth-order valence-electron chi connectivity index (χ4n) is 2.98. The minimum Gasteiger partial charge on any atom is -0.378 e. The van der Waals surface area contributed by atoms with Crippen LogP contribution in [0, 0.1) is 10.1 Å². The van der Waals surface area contributed by atoms with Crippen LogP contribution in [-0.2, 0) is 9.53 Å². The Bertz CT molecular complexity index is 1090. The fraction of sp³-hybridized carbons (Fsp3) is 0.200. The van der Waals surface area contributed by atoms with Crippen LogP contribution < -0.4 is 10.2 Å². The third-order valence-electron chi connectivity index (χ3n) is 4.43. The van der Waals surface area contributed by atoms with E-state index < -0.39 is 4.92 Å². The van der Waals surface area contributed by atoms with Gasteiger partial charge < -0.3 is 15.0 Å². The molecular weight excluding hydrogens is 392 g/mol. The van der Waals surface area contributed by atoms with E-state index in [-0.39, 0.29) is 11.6 Å². The summed E-state index contributed by atoms with van der Waals surface area (Å²) in [6.07, 6.45) is 2.90. The Hall–Kier alpha value is -3.30. The van der Waals surface area contributed by atoms with E-state index in [2.05, 4.69) is 15.2 Å². The number of benzene rings is 2. The van der Waals surface area contributed by atoms with Gasteiger partial charge in [0.15, 0.2) is 5.13 Å². The standard InChI is InChI=1S/C20H18N4O4S/c25-19(7-4-14-2-1-3-16(12-14)24(26)27)21-15-5-6-17-18(13-15)29-20(22-17)23-8-10-28-11-9-23/h1-7,12-13H,8-11H2,(H,21,25)/b7-4+. The van der Waals surface area contributed by atoms with Gasteiger partial charge >= 0.3 is 0 Å². The number of nitro groups is 1. The fourth-order valence-corrected chi connectivity index (χ4v) is 4.03. The van der Waals surface area contributed by atoms with E-state index in [0.717, 1.165) is 28.4 Å². The molecule has 29 heavy (non-hydrogen) atoms. The van der Waals surface area contributed by atoms with Crippen LogP contribution in [0.15, 0.2) is 48.5 Å². The first-order chi connectivity index (χ1) is 14.1. The van der Waals surface area contributed by atoms with Gasteiger partial charge in [0.1, 0.15) is 0 Å². The number of non-ortho nitro benzene ring substituents is 1. The third kappa shape index (κ3) is 4.58. The highest BCUT2D eigenvalue weighted by Gasteiger charge is 2.15. The van der Waals surface area contributed by atoms with Crippen LogP contribution in [0.5, 0.6) is 0 Å². The van der Waals surface area contributed by atoms with E-state index in [4.69, 9.17) is 4.74 Å². The number of hydrogen-bond acceptors (Lipinski definition) is 7. The van der Waals surface area contributed by atoms with Crippen molar-refractivity contribution in [2.24, 2.45) is 0 Å². The summed E-state index contributed by atoms with van der Waals surface area (Å²) in [5.41, 5.74) is 2.13. The topological polar surface area (TPSA) is 97.6 Å². The van der Waals surface area contributed by atoms with E-state index in [9.17, 15) is 14.9 Å². The number of nitrogens with one attached hydrogen (secondary N) is 1. The van der Waals surface area contributed by atoms with Gasteiger partial charge in [-0.3, -0.25) is 14.9 Å². The summed E-state index contributed by atoms with van der Waals surface area (Å²) in [6.45, 7) is 3.06. The smallest absolute Gasteiger partial charge is 0.270 e. The number of morpholine rings is 1. The minimum absolute atomic E-state index is 0.0146. The van der Waals surface area contributed by atoms with Gasteiger partial charge in [-0.2, -0.15) is 0 Å². The van der Waals surface area contributed by atoms with Gasteiger partial charge in [-0.05, 0) is 29.8 Å². The number of hydrogen-bond donors (Lipinski definition) is 1. The lowest BCUT2D eigenvalue weighted by atomic mass is 10.2. The van der Waals surface area contributed by atoms with E-state index in [0.29, 0.717) is 24.5 Å². The van der Waals surface area contributed by atoms with Crippen LogP contribution in [0.4, 0.5) is 16.5 Å². The Morgan fingerprint density at radius 3 is 2.86 bits per heavy atom. The van der Waals surface area contributed by atoms with Crippen LogP contribution in [0.2, 0.25) is 0 Å². The highest BCUT2D eigenvalue weighted by molar-refractivity contribution is 7.22. The maximum absolute atomic E-state index is 12.2. The SMILES string of the molecule is O=C(/C=C/c1cccc([N+](=O)[O-])c1)Nc1ccc2nc(N3CCOCC3)sc2c1. The molecular formula is C20H18N4O4S. The van der Waals surface area contributed by atoms with Gasteiger partial charge in [-0.15, -0.1) is 0 Å². The first-order valence-corrected chi connectivity index (χ1v) is 9.87. The molecule has 2 heterocycles. The van der Waals surface area contributed by atoms with Crippen LogP contribution in [0.1, 0.15) is 5.56 Å². The predicted molar refractivity (Wildman–Crippen MR) is 113 cm³/mol. The summed E-state index contributed by atoms with van der Waals surface area (Å²) in [5, 5.41) is 14.6. The summed E-state index contributed by atoms with van der Waals surface area (Å²) in [5.74, 6) is -0.311. The largest absolute Gasteiger partial charge is 0.378 e. The summed E-state index contributed by atoms with van der Waals surface area (Å²) in [7, 11) is 0. The molecule has 0 unspecified atom stereocenters. The lowest BCUT2D eigenvalue weighted by molar-refractivity contribution is -0.384. The first-order valence-electron chi connectivity index (χ1n) is 9.05. The second kappa shape index (κ2) is 8.38. The summed E-state index contributed by atoms with van der Waals surface area (Å²) < 4.78 is 6.37. The number of amides is 1. The molecule has 8 nitrogen and oxygen atoms in total. The Morgan fingerprint density at radius 1 is 1.24 bits per heavy atom. The molecule has 3 aromatic rings. The zero-order chi connectivity index (χ0) is 20.2. The van der Waals surface area contributed by atoms with E-state index in [1.165, 1.54) is 18.2 Å². The number of nitro benzene ring substituents is 1. The summed E-state index contributed by atoms with van der Waals surface area (Å²) in [6, 6.07) is 11.7. The molecule has 0 aliphatic carbocycles. The van der Waals surface area contributed by atoms with Crippen molar-refractivity contribution in [3.8, 4) is 0 Å². The zero-order valence-electron chi connectivity index (χ0n) is 15.4. The average Bonchev–Trinajstić information content (AvgIpc) is 3.16. The molecule has 1 aliphatic heterocycles. The van der Waals surface area contributed by atoms with E-state index in [1.54, 1.807) is 29.5 Å². The highest BCUT2D eigenvalue weighted by Crippen LogP contribution is 2.31. The Morgan fingerprint density at radius 2 is 2.07 bits per heavy atom. The minimum atomic E-state index is -0.465. The molecule has 1 aromatic heterocycles. The molecule has 1 aliphatic rings. The maximum atomic E-state index is 12.2. The van der Waals surface area contributed by atoms with Crippen molar-refractivity contribution in [2.45, 2.75) is 0 Å². The number of thiazole rings is 1. The molecule has 0 atom stereocenters. The van der Waals surface area contributed by atoms with Crippen molar-refractivity contribution in [2.75, 3.05) is 36.5 Å². The molecule has 0 bridgehead atoms. The number of fused-ring (bicyclic) bond motifs is 1. The molecule has 1 saturated heterocycles. The van der Waals surface area contributed by atoms with Gasteiger partial charge in [0.05, 0.1) is 28.4 Å². The Labute approximate surface area is 170 Å². The van der Waals surface area contributed by atoms with Crippen molar-refractivity contribution >= 4 is 50.0 Å². The van der Waals surface area contributed by atoms with Gasteiger partial charge in [-0.25, -0.2) is 4.98 Å². The van der Waals surface area contributed by atoms with Gasteiger partial charge in [0, 0.05) is 37.0 Å². The molecule has 4 rings (SSSR count). The van der Waals surface area contributed by atoms with Gasteiger partial charge in [-0.1, -0.05) is 23.5 Å². The average molecular weight is 410 g/mol. The van der Waals surface area contributed by atoms with Crippen molar-refractivity contribution in [3.63, 3.8) is 0 Å². The van der Waals surface area contributed by atoms with Gasteiger partial charge in [0.2, 0.25) is 5.91 Å². The number of carbonyl (C=O) groups excluding carboxylic acids is 1. The van der Waals surface area contributed by atoms with Crippen LogP contribution >= 0.6 is 11.3 Å². The maximum Gasteiger partial charge on any atom is 0.270 e. The van der Waals surface area contributed by atoms with E-state index in [1.807, 2.05) is 18.2 Å². The summed E-state index contributed by atoms with van der Waals surface area (Å²) >= 11 is 1.59. The number of aromatic nitrogens is 1. The first kappa shape index (κ1) is 19.0. The number of ether oxygens (including phenoxy) is 1. The van der Waals surface area contributed by atoms with Crippen molar-refractivity contribution in [1.29, 1.82) is 0 Å². The van der Waals surface area contributed by atoms with Crippen LogP contribution in [0.25, 0.3) is 16.3 Å². The molecule has 1 amide bonds. The molecule has 1 N–H and O–H groups in total. The second-order valence-corrected chi connectivity index (χ2v) is 7.46.